The first-order valence-corrected chi connectivity index (χ1v) is 5.51. The maximum Gasteiger partial charge on any atom is 0.0623 e. The summed E-state index contributed by atoms with van der Waals surface area (Å²) in [6.07, 6.45) is 2.80. The van der Waals surface area contributed by atoms with Crippen LogP contribution in [0.25, 0.3) is 0 Å². The number of hydrogen-bond donors (Lipinski definition) is 2. The fraction of sp³-hybridized carbons (Fsp3) is 1.00. The normalized spacial score (nSPS) is 55.4. The number of rotatable bonds is 1. The topological polar surface area (TPSA) is 40.5 Å². The number of aliphatic hydroxyl groups excluding tert-OH is 2. The van der Waals surface area contributed by atoms with Gasteiger partial charge in [-0.25, -0.2) is 0 Å². The van der Waals surface area contributed by atoms with Crippen LogP contribution >= 0.6 is 0 Å². The van der Waals surface area contributed by atoms with Gasteiger partial charge >= 0.3 is 0 Å². The van der Waals surface area contributed by atoms with Crippen molar-refractivity contribution in [3.63, 3.8) is 0 Å². The lowest BCUT2D eigenvalue weighted by atomic mass is 9.93. The molecule has 76 valence electrons. The van der Waals surface area contributed by atoms with Gasteiger partial charge in [0.1, 0.15) is 0 Å². The van der Waals surface area contributed by atoms with Crippen molar-refractivity contribution in [2.75, 3.05) is 0 Å². The van der Waals surface area contributed by atoms with Crippen molar-refractivity contribution in [3.8, 4) is 0 Å². The van der Waals surface area contributed by atoms with E-state index >= 15 is 0 Å². The minimum Gasteiger partial charge on any atom is -0.392 e. The van der Waals surface area contributed by atoms with Crippen LogP contribution in [0.2, 0.25) is 0 Å². The molecule has 2 heteroatoms. The van der Waals surface area contributed by atoms with Crippen molar-refractivity contribution in [2.45, 2.75) is 45.3 Å². The Balaban J connectivity index is 2.11. The van der Waals surface area contributed by atoms with Crippen LogP contribution in [0.3, 0.4) is 0 Å². The van der Waals surface area contributed by atoms with Gasteiger partial charge in [-0.05, 0) is 30.6 Å². The highest BCUT2D eigenvalue weighted by Gasteiger charge is 2.51. The van der Waals surface area contributed by atoms with Crippen molar-refractivity contribution in [2.24, 2.45) is 23.7 Å². The number of aliphatic hydroxyl groups is 2. The highest BCUT2D eigenvalue weighted by atomic mass is 16.3. The molecule has 0 heterocycles. The summed E-state index contributed by atoms with van der Waals surface area (Å²) in [7, 11) is 0. The van der Waals surface area contributed by atoms with Crippen LogP contribution in [0.5, 0.6) is 0 Å². The molecule has 0 aromatic carbocycles. The molecule has 0 bridgehead atoms. The van der Waals surface area contributed by atoms with Crippen LogP contribution in [0.15, 0.2) is 0 Å². The predicted octanol–water partition coefficient (Wildman–Crippen LogP) is 1.41. The van der Waals surface area contributed by atoms with Gasteiger partial charge in [0.05, 0.1) is 12.2 Å². The third-order valence-electron chi connectivity index (χ3n) is 4.20. The van der Waals surface area contributed by atoms with E-state index in [1.807, 2.05) is 0 Å². The van der Waals surface area contributed by atoms with Crippen LogP contribution in [0.1, 0.15) is 33.1 Å². The van der Waals surface area contributed by atoms with Crippen molar-refractivity contribution < 1.29 is 10.2 Å². The molecule has 2 aliphatic carbocycles. The molecule has 2 aliphatic rings. The monoisotopic (exact) mass is 184 g/mol. The van der Waals surface area contributed by atoms with Crippen LogP contribution in [0.4, 0.5) is 0 Å². The molecule has 13 heavy (non-hydrogen) atoms. The summed E-state index contributed by atoms with van der Waals surface area (Å²) in [6.45, 7) is 4.22. The van der Waals surface area contributed by atoms with Gasteiger partial charge in [-0.2, -0.15) is 0 Å². The van der Waals surface area contributed by atoms with Gasteiger partial charge in [0.25, 0.3) is 0 Å². The minimum atomic E-state index is -0.253. The highest BCUT2D eigenvalue weighted by molar-refractivity contribution is 5.00. The van der Waals surface area contributed by atoms with Gasteiger partial charge in [0.2, 0.25) is 0 Å². The molecule has 2 N–H and O–H groups in total. The summed E-state index contributed by atoms with van der Waals surface area (Å²) < 4.78 is 0. The standard InChI is InChI=1S/C11H20O2/c1-3-7-5-8-4-6(2)10(12)9(8)11(7)13/h6-13H,3-5H2,1-2H3/t6-,7-,8?,9?,10?,11?/m0/s1. The van der Waals surface area contributed by atoms with Gasteiger partial charge in [0, 0.05) is 5.92 Å². The van der Waals surface area contributed by atoms with Gasteiger partial charge < -0.3 is 10.2 Å². The molecule has 2 nitrogen and oxygen atoms in total. The number of fused-ring (bicyclic) bond motifs is 1. The van der Waals surface area contributed by atoms with E-state index < -0.39 is 0 Å². The van der Waals surface area contributed by atoms with E-state index in [4.69, 9.17) is 0 Å². The Kier molecular flexibility index (Phi) is 2.37. The number of hydrogen-bond acceptors (Lipinski definition) is 2. The molecule has 0 spiro atoms. The zero-order valence-electron chi connectivity index (χ0n) is 8.48. The van der Waals surface area contributed by atoms with Crippen LogP contribution in [0, 0.1) is 23.7 Å². The second-order valence-corrected chi connectivity index (χ2v) is 4.94. The maximum atomic E-state index is 9.99. The second-order valence-electron chi connectivity index (χ2n) is 4.94. The van der Waals surface area contributed by atoms with E-state index in [-0.39, 0.29) is 18.1 Å². The second kappa shape index (κ2) is 3.25. The Hall–Kier alpha value is -0.0800. The largest absolute Gasteiger partial charge is 0.392 e. The summed E-state index contributed by atoms with van der Waals surface area (Å²) >= 11 is 0. The molecule has 6 atom stereocenters. The quantitative estimate of drug-likeness (QED) is 0.647. The van der Waals surface area contributed by atoms with Crippen LogP contribution < -0.4 is 0 Å². The summed E-state index contributed by atoms with van der Waals surface area (Å²) in [6, 6.07) is 0. The smallest absolute Gasteiger partial charge is 0.0623 e. The third-order valence-corrected chi connectivity index (χ3v) is 4.20. The summed E-state index contributed by atoms with van der Waals surface area (Å²) in [5.41, 5.74) is 0. The molecule has 2 rings (SSSR count). The minimum absolute atomic E-state index is 0.181. The molecule has 4 unspecified atom stereocenters. The van der Waals surface area contributed by atoms with E-state index in [9.17, 15) is 10.2 Å². The Labute approximate surface area is 80.0 Å². The van der Waals surface area contributed by atoms with Gasteiger partial charge in [-0.15, -0.1) is 0 Å². The predicted molar refractivity (Wildman–Crippen MR) is 51.2 cm³/mol. The molecular weight excluding hydrogens is 164 g/mol. The van der Waals surface area contributed by atoms with Crippen molar-refractivity contribution in [3.05, 3.63) is 0 Å². The SMILES string of the molecule is CC[C@H]1CC2C[C@H](C)C(O)C2C1O. The molecule has 2 saturated carbocycles. The third kappa shape index (κ3) is 1.31. The van der Waals surface area contributed by atoms with E-state index in [2.05, 4.69) is 13.8 Å². The molecule has 0 aromatic rings. The Morgan fingerprint density at radius 2 is 1.85 bits per heavy atom. The molecule has 2 fully saturated rings. The lowest BCUT2D eigenvalue weighted by Gasteiger charge is -2.22. The first-order chi connectivity index (χ1) is 6.15. The zero-order valence-corrected chi connectivity index (χ0v) is 8.48. The summed E-state index contributed by atoms with van der Waals surface area (Å²) in [5, 5.41) is 19.9. The van der Waals surface area contributed by atoms with Crippen LogP contribution in [-0.2, 0) is 0 Å². The Bertz CT molecular complexity index is 191. The van der Waals surface area contributed by atoms with Gasteiger partial charge in [-0.3, -0.25) is 0 Å². The molecule has 0 aromatic heterocycles. The van der Waals surface area contributed by atoms with Crippen molar-refractivity contribution in [1.82, 2.24) is 0 Å². The van der Waals surface area contributed by atoms with Gasteiger partial charge in [-0.1, -0.05) is 20.3 Å². The highest BCUT2D eigenvalue weighted by Crippen LogP contribution is 2.50. The van der Waals surface area contributed by atoms with Crippen LogP contribution in [-0.4, -0.2) is 22.4 Å². The van der Waals surface area contributed by atoms with E-state index in [0.29, 0.717) is 17.8 Å². The molecule has 0 amide bonds. The summed E-state index contributed by atoms with van der Waals surface area (Å²) in [5.74, 6) is 1.60. The lowest BCUT2D eigenvalue weighted by Crippen LogP contribution is -2.31. The molecule has 0 radical (unpaired) electrons. The first kappa shape index (κ1) is 9.47. The van der Waals surface area contributed by atoms with E-state index in [0.717, 1.165) is 19.3 Å². The molecule has 0 saturated heterocycles. The van der Waals surface area contributed by atoms with Crippen molar-refractivity contribution >= 4 is 0 Å². The summed E-state index contributed by atoms with van der Waals surface area (Å²) in [4.78, 5) is 0. The average Bonchev–Trinajstić information content (AvgIpc) is 2.54. The average molecular weight is 184 g/mol. The maximum absolute atomic E-state index is 9.99. The Morgan fingerprint density at radius 3 is 2.38 bits per heavy atom. The lowest BCUT2D eigenvalue weighted by molar-refractivity contribution is 0.00642. The van der Waals surface area contributed by atoms with E-state index in [1.165, 1.54) is 0 Å². The van der Waals surface area contributed by atoms with Gasteiger partial charge in [0.15, 0.2) is 0 Å². The molecular formula is C11H20O2. The van der Waals surface area contributed by atoms with Crippen molar-refractivity contribution in [1.29, 1.82) is 0 Å². The fourth-order valence-corrected chi connectivity index (χ4v) is 3.42. The zero-order chi connectivity index (χ0) is 9.59. The fourth-order valence-electron chi connectivity index (χ4n) is 3.42. The van der Waals surface area contributed by atoms with E-state index in [1.54, 1.807) is 0 Å². The first-order valence-electron chi connectivity index (χ1n) is 5.51. The Morgan fingerprint density at radius 1 is 1.15 bits per heavy atom. The molecule has 0 aliphatic heterocycles.